The molecule has 0 unspecified atom stereocenters. The molecule has 2 atom stereocenters. The van der Waals surface area contributed by atoms with Gasteiger partial charge in [-0.2, -0.15) is 20.7 Å². The molecule has 82 heavy (non-hydrogen) atoms. The van der Waals surface area contributed by atoms with E-state index in [2.05, 4.69) is 86.4 Å². The van der Waals surface area contributed by atoms with Gasteiger partial charge in [-0.1, -0.05) is 48.5 Å². The molecule has 20 heteroatoms. The summed E-state index contributed by atoms with van der Waals surface area (Å²) in [6.07, 6.45) is 6.52. The third kappa shape index (κ3) is 11.4. The molecule has 12 rings (SSSR count). The van der Waals surface area contributed by atoms with E-state index >= 15 is 0 Å². The van der Waals surface area contributed by atoms with Crippen LogP contribution in [-0.4, -0.2) is 118 Å². The first kappa shape index (κ1) is 53.7. The van der Waals surface area contributed by atoms with Gasteiger partial charge in [-0.3, -0.25) is 19.2 Å². The number of aromatic nitrogens is 6. The Hall–Kier alpha value is -10.3. The van der Waals surface area contributed by atoms with Gasteiger partial charge in [-0.15, -0.1) is 0 Å². The first-order valence-electron chi connectivity index (χ1n) is 27.1. The van der Waals surface area contributed by atoms with Crippen LogP contribution in [0.4, 0.5) is 23.0 Å². The van der Waals surface area contributed by atoms with Gasteiger partial charge in [0, 0.05) is 100 Å². The average molecular weight is 1100 g/mol. The van der Waals surface area contributed by atoms with E-state index in [4.69, 9.17) is 20.0 Å². The molecule has 4 aliphatic rings. The Balaban J connectivity index is 0.000000172. The maximum Gasteiger partial charge on any atom is 0.269 e. The number of piperazine rings is 2. The zero-order chi connectivity index (χ0) is 56.7. The van der Waals surface area contributed by atoms with Crippen LogP contribution >= 0.6 is 0 Å². The van der Waals surface area contributed by atoms with Crippen molar-refractivity contribution in [2.45, 2.75) is 39.0 Å². The molecule has 4 aromatic heterocycles. The molecular formula is C62H58N14O6. The van der Waals surface area contributed by atoms with Gasteiger partial charge in [0.05, 0.1) is 47.0 Å². The number of rotatable bonds is 12. The molecule has 8 aromatic rings. The van der Waals surface area contributed by atoms with Gasteiger partial charge in [-0.25, -0.2) is 20.2 Å². The van der Waals surface area contributed by atoms with Crippen LogP contribution in [0.15, 0.2) is 156 Å². The van der Waals surface area contributed by atoms with Crippen molar-refractivity contribution in [2.75, 3.05) is 85.2 Å². The highest BCUT2D eigenvalue weighted by Gasteiger charge is 2.34. The van der Waals surface area contributed by atoms with E-state index in [-0.39, 0.29) is 35.0 Å². The third-order valence-corrected chi connectivity index (χ3v) is 15.6. The van der Waals surface area contributed by atoms with Crippen molar-refractivity contribution in [3.8, 4) is 23.6 Å². The monoisotopic (exact) mass is 1090 g/mol. The molecule has 2 N–H and O–H groups in total. The van der Waals surface area contributed by atoms with Gasteiger partial charge >= 0.3 is 0 Å². The Morgan fingerprint density at radius 3 is 1.28 bits per heavy atom. The van der Waals surface area contributed by atoms with Crippen molar-refractivity contribution < 1.29 is 19.1 Å². The average Bonchev–Trinajstić information content (AvgIpc) is 4.29. The third-order valence-electron chi connectivity index (χ3n) is 15.6. The molecule has 0 bridgehead atoms. The SMILES string of the molecule is Cc1c(N2Cc3ccccc3[C@@H]2COc2ccc(C(=O)N3CCN(c4ccc(C#N)cn4)CC3)cc2)cn[nH]c1=O.Cc1c(N2Cc3ccccc3[C@H]2COc2ccc(C(=O)N3CCN(c4ccc(C#N)cn4)CC3)cc2)cn[nH]c1=O. The summed E-state index contributed by atoms with van der Waals surface area (Å²) >= 11 is 0. The fourth-order valence-electron chi connectivity index (χ4n) is 10.9. The van der Waals surface area contributed by atoms with Gasteiger partial charge in [0.15, 0.2) is 0 Å². The number of nitrogens with one attached hydrogen (secondary N) is 2. The normalized spacial score (nSPS) is 16.3. The lowest BCUT2D eigenvalue weighted by Gasteiger charge is -2.35. The van der Waals surface area contributed by atoms with Crippen molar-refractivity contribution in [1.82, 2.24) is 40.2 Å². The van der Waals surface area contributed by atoms with E-state index in [1.807, 2.05) is 70.5 Å². The smallest absolute Gasteiger partial charge is 0.269 e. The number of amides is 2. The minimum absolute atomic E-state index is 0.0165. The number of pyridine rings is 2. The number of ether oxygens (including phenoxy) is 2. The number of aromatic amines is 2. The second kappa shape index (κ2) is 23.9. The number of benzene rings is 4. The lowest BCUT2D eigenvalue weighted by atomic mass is 10.1. The summed E-state index contributed by atoms with van der Waals surface area (Å²) in [6.45, 7) is 10.7. The van der Waals surface area contributed by atoms with E-state index in [0.717, 1.165) is 34.1 Å². The Kier molecular flexibility index (Phi) is 15.7. The summed E-state index contributed by atoms with van der Waals surface area (Å²) in [5.41, 5.74) is 9.39. The highest BCUT2D eigenvalue weighted by molar-refractivity contribution is 5.95. The van der Waals surface area contributed by atoms with Crippen LogP contribution < -0.4 is 40.2 Å². The van der Waals surface area contributed by atoms with Crippen LogP contribution in [0.25, 0.3) is 0 Å². The predicted molar refractivity (Wildman–Crippen MR) is 308 cm³/mol. The van der Waals surface area contributed by atoms with E-state index < -0.39 is 0 Å². The molecule has 0 radical (unpaired) electrons. The van der Waals surface area contributed by atoms with Crippen LogP contribution in [0.2, 0.25) is 0 Å². The number of nitriles is 2. The molecule has 2 saturated heterocycles. The van der Waals surface area contributed by atoms with Gasteiger partial charge < -0.3 is 38.9 Å². The van der Waals surface area contributed by atoms with Crippen molar-refractivity contribution in [2.24, 2.45) is 0 Å². The Morgan fingerprint density at radius 2 is 0.915 bits per heavy atom. The first-order chi connectivity index (χ1) is 40.0. The van der Waals surface area contributed by atoms with Crippen LogP contribution in [0.3, 0.4) is 0 Å². The number of carbonyl (C=O) groups excluding carboxylic acids is 2. The molecular weight excluding hydrogens is 1040 g/mol. The van der Waals surface area contributed by atoms with E-state index in [1.54, 1.807) is 75.0 Å². The quantitative estimate of drug-likeness (QED) is 0.127. The second-order valence-electron chi connectivity index (χ2n) is 20.4. The Bertz CT molecular complexity index is 3560. The predicted octanol–water partition coefficient (Wildman–Crippen LogP) is 6.90. The van der Waals surface area contributed by atoms with Crippen LogP contribution in [0, 0.1) is 36.5 Å². The fourth-order valence-corrected chi connectivity index (χ4v) is 10.9. The van der Waals surface area contributed by atoms with Crippen molar-refractivity contribution in [3.05, 3.63) is 222 Å². The van der Waals surface area contributed by atoms with Crippen LogP contribution in [0.1, 0.15) is 77.3 Å². The van der Waals surface area contributed by atoms with Crippen molar-refractivity contribution in [1.29, 1.82) is 10.5 Å². The summed E-state index contributed by atoms with van der Waals surface area (Å²) in [5.74, 6) is 2.93. The molecule has 412 valence electrons. The van der Waals surface area contributed by atoms with E-state index in [0.29, 0.717) is 124 Å². The largest absolute Gasteiger partial charge is 0.491 e. The maximum absolute atomic E-state index is 13.2. The summed E-state index contributed by atoms with van der Waals surface area (Å²) < 4.78 is 12.4. The van der Waals surface area contributed by atoms with Crippen LogP contribution in [-0.2, 0) is 13.1 Å². The van der Waals surface area contributed by atoms with E-state index in [1.165, 1.54) is 11.1 Å². The Morgan fingerprint density at radius 1 is 0.524 bits per heavy atom. The number of hydrogen-bond acceptors (Lipinski definition) is 16. The maximum atomic E-state index is 13.2. The molecule has 4 aliphatic heterocycles. The van der Waals surface area contributed by atoms with Crippen molar-refractivity contribution in [3.63, 3.8) is 0 Å². The minimum Gasteiger partial charge on any atom is -0.491 e. The minimum atomic E-state index is -0.203. The number of anilines is 4. The topological polar surface area (TPSA) is 237 Å². The standard InChI is InChI=1S/2C31H29N7O3/c2*1-21-27(18-34-35-30(21)39)38-19-24-4-2-3-5-26(24)28(38)20-41-25-9-7-23(8-10-25)31(40)37-14-12-36(13-15-37)29-11-6-22(16-32)17-33-29/h2*2-11,17-18,28H,12-15,19-20H2,1H3,(H,35,39)/t2*28-/m10/s1. The number of hydrogen-bond donors (Lipinski definition) is 2. The molecule has 2 amide bonds. The lowest BCUT2D eigenvalue weighted by molar-refractivity contribution is 0.0739. The first-order valence-corrected chi connectivity index (χ1v) is 27.1. The summed E-state index contributed by atoms with van der Waals surface area (Å²) in [4.78, 5) is 71.8. The zero-order valence-electron chi connectivity index (χ0n) is 45.3. The molecule has 0 spiro atoms. The molecule has 4 aromatic carbocycles. The second-order valence-corrected chi connectivity index (χ2v) is 20.4. The highest BCUT2D eigenvalue weighted by atomic mass is 16.5. The molecule has 0 saturated carbocycles. The molecule has 2 fully saturated rings. The number of H-pyrrole nitrogens is 2. The highest BCUT2D eigenvalue weighted by Crippen LogP contribution is 2.40. The molecule has 8 heterocycles. The number of fused-ring (bicyclic) bond motifs is 2. The van der Waals surface area contributed by atoms with Gasteiger partial charge in [0.25, 0.3) is 22.9 Å². The summed E-state index contributed by atoms with van der Waals surface area (Å²) in [5, 5.41) is 31.0. The summed E-state index contributed by atoms with van der Waals surface area (Å²) in [7, 11) is 0. The number of carbonyl (C=O) groups is 2. The van der Waals surface area contributed by atoms with Crippen LogP contribution in [0.5, 0.6) is 11.5 Å². The fraction of sp³-hybridized carbons (Fsp3) is 0.258. The summed E-state index contributed by atoms with van der Waals surface area (Å²) in [6, 6.07) is 42.2. The van der Waals surface area contributed by atoms with E-state index in [9.17, 15) is 19.2 Å². The lowest BCUT2D eigenvalue weighted by Crippen LogP contribution is -2.49. The number of nitrogens with zero attached hydrogens (tertiary/aromatic N) is 12. The van der Waals surface area contributed by atoms with Gasteiger partial charge in [0.2, 0.25) is 0 Å². The van der Waals surface area contributed by atoms with Gasteiger partial charge in [0.1, 0.15) is 48.5 Å². The van der Waals surface area contributed by atoms with Crippen molar-refractivity contribution >= 4 is 34.8 Å². The molecule has 0 aliphatic carbocycles. The Labute approximate surface area is 473 Å². The van der Waals surface area contributed by atoms with Gasteiger partial charge in [-0.05, 0) is 109 Å². The molecule has 20 nitrogen and oxygen atoms in total. The zero-order valence-corrected chi connectivity index (χ0v) is 45.3.